The Labute approximate surface area is 215 Å². The number of hydrogen-bond donors (Lipinski definition) is 5. The van der Waals surface area contributed by atoms with Gasteiger partial charge in [0.15, 0.2) is 5.65 Å². The molecule has 0 aliphatic rings. The molecule has 196 valence electrons. The maximum atomic E-state index is 12.5. The van der Waals surface area contributed by atoms with E-state index < -0.39 is 41.3 Å². The quantitative estimate of drug-likeness (QED) is 0.281. The van der Waals surface area contributed by atoms with Crippen LogP contribution in [0.2, 0.25) is 0 Å². The van der Waals surface area contributed by atoms with Gasteiger partial charge in [0.1, 0.15) is 11.7 Å². The van der Waals surface area contributed by atoms with Gasteiger partial charge >= 0.3 is 11.9 Å². The number of carboxylic acids is 2. The minimum atomic E-state index is -1.36. The van der Waals surface area contributed by atoms with Gasteiger partial charge in [-0.05, 0) is 30.5 Å². The second-order valence-corrected chi connectivity index (χ2v) is 9.19. The molecule has 0 aliphatic carbocycles. The molecule has 3 heterocycles. The molecule has 3 aromatic rings. The number of anilines is 1. The SMILES string of the molecule is CC(C)(C)C(=O)Nc1nc2ncc(C#Cc3ccc(C(=O)N[C@@H](CCC(=O)O)C(=O)O)cn3)cc2c(=O)[nH]1. The van der Waals surface area contributed by atoms with Gasteiger partial charge in [0.2, 0.25) is 11.9 Å². The Hall–Kier alpha value is -5.12. The first-order valence-corrected chi connectivity index (χ1v) is 11.3. The number of amides is 2. The van der Waals surface area contributed by atoms with Crippen molar-refractivity contribution in [2.45, 2.75) is 39.7 Å². The molecule has 0 aliphatic heterocycles. The van der Waals surface area contributed by atoms with Crippen LogP contribution >= 0.6 is 0 Å². The summed E-state index contributed by atoms with van der Waals surface area (Å²) in [6.07, 6.45) is 1.93. The lowest BCUT2D eigenvalue weighted by Crippen LogP contribution is -2.41. The molecular formula is C25H24N6O7. The number of aromatic amines is 1. The molecular weight excluding hydrogens is 496 g/mol. The number of aromatic nitrogens is 4. The van der Waals surface area contributed by atoms with E-state index in [2.05, 4.69) is 42.4 Å². The van der Waals surface area contributed by atoms with Crippen LogP contribution in [0.4, 0.5) is 5.95 Å². The van der Waals surface area contributed by atoms with Crippen LogP contribution in [0.1, 0.15) is 55.2 Å². The van der Waals surface area contributed by atoms with E-state index >= 15 is 0 Å². The number of carbonyl (C=O) groups excluding carboxylic acids is 2. The molecule has 13 heteroatoms. The molecule has 0 spiro atoms. The summed E-state index contributed by atoms with van der Waals surface area (Å²) in [4.78, 5) is 73.8. The fraction of sp³-hybridized carbons (Fsp3) is 0.280. The van der Waals surface area contributed by atoms with Crippen LogP contribution in [0.15, 0.2) is 35.4 Å². The lowest BCUT2D eigenvalue weighted by molar-refractivity contribution is -0.140. The maximum absolute atomic E-state index is 12.5. The molecule has 0 aromatic carbocycles. The van der Waals surface area contributed by atoms with E-state index in [1.807, 2.05) is 0 Å². The number of carboxylic acid groups (broad SMARTS) is 2. The molecule has 5 N–H and O–H groups in total. The molecule has 0 saturated carbocycles. The molecule has 0 saturated heterocycles. The predicted octanol–water partition coefficient (Wildman–Crippen LogP) is 1.15. The number of nitrogens with one attached hydrogen (secondary N) is 3. The van der Waals surface area contributed by atoms with E-state index in [9.17, 15) is 29.1 Å². The third kappa shape index (κ3) is 7.20. The lowest BCUT2D eigenvalue weighted by Gasteiger charge is -2.16. The molecule has 13 nitrogen and oxygen atoms in total. The van der Waals surface area contributed by atoms with E-state index in [4.69, 9.17) is 5.11 Å². The molecule has 0 radical (unpaired) electrons. The van der Waals surface area contributed by atoms with Gasteiger partial charge in [-0.1, -0.05) is 26.7 Å². The Morgan fingerprint density at radius 2 is 1.82 bits per heavy atom. The van der Waals surface area contributed by atoms with Crippen LogP contribution < -0.4 is 16.2 Å². The third-order valence-corrected chi connectivity index (χ3v) is 5.08. The average Bonchev–Trinajstić information content (AvgIpc) is 2.84. The minimum Gasteiger partial charge on any atom is -0.481 e. The van der Waals surface area contributed by atoms with Crippen molar-refractivity contribution in [3.05, 3.63) is 57.8 Å². The monoisotopic (exact) mass is 520 g/mol. The fourth-order valence-electron chi connectivity index (χ4n) is 2.95. The van der Waals surface area contributed by atoms with Gasteiger partial charge in [-0.2, -0.15) is 4.98 Å². The van der Waals surface area contributed by atoms with E-state index in [0.717, 1.165) is 0 Å². The first-order valence-electron chi connectivity index (χ1n) is 11.3. The predicted molar refractivity (Wildman–Crippen MR) is 134 cm³/mol. The Balaban J connectivity index is 1.73. The number of pyridine rings is 2. The number of aliphatic carboxylic acids is 2. The minimum absolute atomic E-state index is 0.0151. The van der Waals surface area contributed by atoms with Crippen LogP contribution in [-0.2, 0) is 14.4 Å². The number of rotatable bonds is 7. The number of carbonyl (C=O) groups is 4. The normalized spacial score (nSPS) is 11.7. The van der Waals surface area contributed by atoms with Crippen molar-refractivity contribution in [2.75, 3.05) is 5.32 Å². The van der Waals surface area contributed by atoms with Crippen LogP contribution in [0.3, 0.4) is 0 Å². The largest absolute Gasteiger partial charge is 0.481 e. The van der Waals surface area contributed by atoms with Crippen molar-refractivity contribution in [3.63, 3.8) is 0 Å². The standard InChI is InChI=1S/C25H24N6O7/c1-25(2,3)23(38)31-24-29-19-16(21(35)30-24)10-13(11-27-19)4-6-15-7-5-14(12-26-15)20(34)28-17(22(36)37)8-9-18(32)33/h5,7,10-12,17H,8-9H2,1-3H3,(H,28,34)(H,32,33)(H,36,37)(H2,27,29,30,31,35,38)/t17-/m0/s1. The Morgan fingerprint density at radius 1 is 1.08 bits per heavy atom. The zero-order valence-electron chi connectivity index (χ0n) is 20.7. The second kappa shape index (κ2) is 11.3. The van der Waals surface area contributed by atoms with Crippen molar-refractivity contribution in [3.8, 4) is 11.8 Å². The van der Waals surface area contributed by atoms with Crippen LogP contribution in [-0.4, -0.2) is 59.9 Å². The van der Waals surface area contributed by atoms with Gasteiger partial charge in [0.05, 0.1) is 10.9 Å². The van der Waals surface area contributed by atoms with Gasteiger partial charge in [-0.25, -0.2) is 14.8 Å². The Kier molecular flexibility index (Phi) is 8.16. The van der Waals surface area contributed by atoms with Crippen molar-refractivity contribution >= 4 is 40.7 Å². The van der Waals surface area contributed by atoms with Gasteiger partial charge in [0, 0.05) is 29.8 Å². The molecule has 3 aromatic heterocycles. The van der Waals surface area contributed by atoms with Gasteiger partial charge in [0.25, 0.3) is 11.5 Å². The Bertz CT molecular complexity index is 1530. The summed E-state index contributed by atoms with van der Waals surface area (Å²) in [5.74, 6) is 2.00. The van der Waals surface area contributed by atoms with Gasteiger partial charge in [-0.3, -0.25) is 29.5 Å². The Morgan fingerprint density at radius 3 is 2.42 bits per heavy atom. The zero-order chi connectivity index (χ0) is 28.0. The topological polar surface area (TPSA) is 204 Å². The lowest BCUT2D eigenvalue weighted by atomic mass is 9.96. The number of H-pyrrole nitrogens is 1. The third-order valence-electron chi connectivity index (χ3n) is 5.08. The highest BCUT2D eigenvalue weighted by Gasteiger charge is 2.23. The van der Waals surface area contributed by atoms with E-state index in [-0.39, 0.29) is 40.6 Å². The first-order chi connectivity index (χ1) is 17.8. The molecule has 1 atom stereocenters. The zero-order valence-corrected chi connectivity index (χ0v) is 20.7. The van der Waals surface area contributed by atoms with E-state index in [0.29, 0.717) is 5.56 Å². The van der Waals surface area contributed by atoms with Gasteiger partial charge < -0.3 is 15.5 Å². The van der Waals surface area contributed by atoms with Crippen molar-refractivity contribution in [1.82, 2.24) is 25.3 Å². The van der Waals surface area contributed by atoms with Crippen molar-refractivity contribution < 1.29 is 29.4 Å². The van der Waals surface area contributed by atoms with E-state index in [1.165, 1.54) is 30.6 Å². The van der Waals surface area contributed by atoms with Crippen LogP contribution in [0.25, 0.3) is 11.0 Å². The summed E-state index contributed by atoms with van der Waals surface area (Å²) in [5, 5.41) is 22.9. The number of hydrogen-bond acceptors (Lipinski definition) is 8. The van der Waals surface area contributed by atoms with Crippen molar-refractivity contribution in [2.24, 2.45) is 5.41 Å². The van der Waals surface area contributed by atoms with Crippen LogP contribution in [0.5, 0.6) is 0 Å². The molecule has 3 rings (SSSR count). The van der Waals surface area contributed by atoms with E-state index in [1.54, 1.807) is 20.8 Å². The summed E-state index contributed by atoms with van der Waals surface area (Å²) < 4.78 is 0. The average molecular weight is 521 g/mol. The van der Waals surface area contributed by atoms with Gasteiger partial charge in [-0.15, -0.1) is 0 Å². The number of nitrogens with zero attached hydrogens (tertiary/aromatic N) is 3. The molecule has 0 fully saturated rings. The molecule has 38 heavy (non-hydrogen) atoms. The first kappa shape index (κ1) is 27.5. The molecule has 2 amide bonds. The summed E-state index contributed by atoms with van der Waals surface area (Å²) >= 11 is 0. The summed E-state index contributed by atoms with van der Waals surface area (Å²) in [6, 6.07) is 2.97. The smallest absolute Gasteiger partial charge is 0.326 e. The van der Waals surface area contributed by atoms with Crippen molar-refractivity contribution in [1.29, 1.82) is 0 Å². The highest BCUT2D eigenvalue weighted by Crippen LogP contribution is 2.16. The second-order valence-electron chi connectivity index (χ2n) is 9.19. The maximum Gasteiger partial charge on any atom is 0.326 e. The summed E-state index contributed by atoms with van der Waals surface area (Å²) in [6.45, 7) is 5.17. The fourth-order valence-corrected chi connectivity index (χ4v) is 2.95. The number of fused-ring (bicyclic) bond motifs is 1. The van der Waals surface area contributed by atoms with Crippen LogP contribution in [0, 0.1) is 17.3 Å². The molecule has 0 bridgehead atoms. The highest BCUT2D eigenvalue weighted by atomic mass is 16.4. The summed E-state index contributed by atoms with van der Waals surface area (Å²) in [7, 11) is 0. The highest BCUT2D eigenvalue weighted by molar-refractivity contribution is 5.96. The summed E-state index contributed by atoms with van der Waals surface area (Å²) in [5.41, 5.74) is -0.320. The molecule has 0 unspecified atom stereocenters.